The highest BCUT2D eigenvalue weighted by Crippen LogP contribution is 2.18. The monoisotopic (exact) mass is 581 g/mol. The molecule has 2 aromatic rings. The molecule has 1 saturated heterocycles. The Balaban J connectivity index is 0.00000131. The molecule has 1 aromatic heterocycles. The maximum Gasteiger partial charge on any atom is 0.331 e. The highest BCUT2D eigenvalue weighted by molar-refractivity contribution is 7.91. The third-order valence-corrected chi connectivity index (χ3v) is 6.90. The van der Waals surface area contributed by atoms with Crippen LogP contribution >= 0.6 is 0 Å². The van der Waals surface area contributed by atoms with Crippen LogP contribution in [-0.2, 0) is 43.7 Å². The molecule has 0 bridgehead atoms. The van der Waals surface area contributed by atoms with Crippen molar-refractivity contribution in [1.29, 1.82) is 5.41 Å². The Morgan fingerprint density at radius 1 is 1.23 bits per heavy atom. The molecule has 1 aliphatic heterocycles. The van der Waals surface area contributed by atoms with Gasteiger partial charge < -0.3 is 30.4 Å². The second-order valence-electron chi connectivity index (χ2n) is 8.93. The fourth-order valence-electron chi connectivity index (χ4n) is 4.08. The zero-order valence-corrected chi connectivity index (χ0v) is 23.3. The predicted molar refractivity (Wildman–Crippen MR) is 147 cm³/mol. The van der Waals surface area contributed by atoms with Crippen molar-refractivity contribution in [3.63, 3.8) is 0 Å². The van der Waals surface area contributed by atoms with E-state index in [2.05, 4.69) is 10.0 Å². The van der Waals surface area contributed by atoms with Crippen LogP contribution in [0.5, 0.6) is 0 Å². The van der Waals surface area contributed by atoms with Gasteiger partial charge in [0, 0.05) is 33.3 Å². The molecule has 2 atom stereocenters. The maximum atomic E-state index is 13.0. The average molecular weight is 582 g/mol. The Bertz CT molecular complexity index is 1420. The van der Waals surface area contributed by atoms with Gasteiger partial charge in [-0.15, -0.1) is 0 Å². The summed E-state index contributed by atoms with van der Waals surface area (Å²) in [6.07, 6.45) is 1.61. The topological polar surface area (TPSA) is 219 Å². The number of carboxylic acid groups (broad SMARTS) is 1. The summed E-state index contributed by atoms with van der Waals surface area (Å²) >= 11 is 0. The number of carbonyl (C=O) groups is 2. The van der Waals surface area contributed by atoms with E-state index in [9.17, 15) is 22.8 Å². The highest BCUT2D eigenvalue weighted by Gasteiger charge is 2.34. The van der Waals surface area contributed by atoms with Crippen LogP contribution in [-0.4, -0.2) is 70.8 Å². The molecule has 40 heavy (non-hydrogen) atoms. The molecule has 16 heteroatoms. The number of hydrogen-bond acceptors (Lipinski definition) is 8. The van der Waals surface area contributed by atoms with Gasteiger partial charge in [0.15, 0.2) is 12.2 Å². The van der Waals surface area contributed by atoms with Gasteiger partial charge in [-0.05, 0) is 25.3 Å². The van der Waals surface area contributed by atoms with Crippen LogP contribution in [0.25, 0.3) is 0 Å². The number of nitrogens with zero attached hydrogens (tertiary/aromatic N) is 3. The lowest BCUT2D eigenvalue weighted by molar-refractivity contribution is -0.134. The van der Waals surface area contributed by atoms with E-state index in [1.807, 2.05) is 0 Å². The molecule has 1 fully saturated rings. The number of anilines is 1. The van der Waals surface area contributed by atoms with E-state index in [1.54, 1.807) is 37.3 Å². The molecular weight excluding hydrogens is 546 g/mol. The minimum Gasteiger partial charge on any atom is -0.481 e. The van der Waals surface area contributed by atoms with Gasteiger partial charge in [-0.1, -0.05) is 30.3 Å². The average Bonchev–Trinajstić information content (AvgIpc) is 2.86. The minimum absolute atomic E-state index is 0.187. The number of hydrogen-bond donors (Lipinski definition) is 5. The van der Waals surface area contributed by atoms with Crippen molar-refractivity contribution in [2.24, 2.45) is 12.8 Å². The van der Waals surface area contributed by atoms with E-state index in [4.69, 9.17) is 25.8 Å². The molecule has 6 N–H and O–H groups in total. The van der Waals surface area contributed by atoms with E-state index in [1.165, 1.54) is 11.9 Å². The number of aliphatic carboxylic acids is 1. The van der Waals surface area contributed by atoms with Gasteiger partial charge in [0.2, 0.25) is 15.9 Å². The Morgan fingerprint density at radius 2 is 1.85 bits per heavy atom. The third-order valence-electron chi connectivity index (χ3n) is 5.66. The second-order valence-corrected chi connectivity index (χ2v) is 10.7. The Morgan fingerprint density at radius 3 is 2.42 bits per heavy atom. The number of rotatable bonds is 9. The van der Waals surface area contributed by atoms with Gasteiger partial charge in [0.25, 0.3) is 11.5 Å². The number of carboxylic acids is 1. The van der Waals surface area contributed by atoms with Crippen LogP contribution < -0.4 is 27.0 Å². The summed E-state index contributed by atoms with van der Waals surface area (Å²) < 4.78 is 34.9. The summed E-state index contributed by atoms with van der Waals surface area (Å²) in [7, 11) is -2.62. The van der Waals surface area contributed by atoms with Crippen LogP contribution in [0.2, 0.25) is 0 Å². The van der Waals surface area contributed by atoms with E-state index in [0.29, 0.717) is 36.1 Å². The zero-order chi connectivity index (χ0) is 30.0. The first-order chi connectivity index (χ1) is 18.8. The van der Waals surface area contributed by atoms with Gasteiger partial charge >= 0.3 is 5.69 Å². The lowest BCUT2D eigenvalue weighted by atomic mass is 10.0. The number of aromatic nitrogens is 2. The number of amides is 1. The first kappa shape index (κ1) is 32.0. The molecule has 1 aliphatic rings. The van der Waals surface area contributed by atoms with Crippen molar-refractivity contribution < 1.29 is 27.9 Å². The highest BCUT2D eigenvalue weighted by atomic mass is 32.2. The van der Waals surface area contributed by atoms with Crippen molar-refractivity contribution in [1.82, 2.24) is 19.4 Å². The van der Waals surface area contributed by atoms with Crippen LogP contribution in [0.15, 0.2) is 46.1 Å². The molecular formula is C24H35N7O8S. The van der Waals surface area contributed by atoms with E-state index in [-0.39, 0.29) is 17.4 Å². The lowest BCUT2D eigenvalue weighted by Gasteiger charge is -2.41. The Labute approximate surface area is 231 Å². The normalized spacial score (nSPS) is 16.8. The molecule has 0 spiro atoms. The van der Waals surface area contributed by atoms with E-state index >= 15 is 0 Å². The number of likely N-dealkylation sites (tertiary alicyclic amines) is 1. The van der Waals surface area contributed by atoms with Crippen molar-refractivity contribution in [3.05, 3.63) is 62.9 Å². The number of nitrogens with two attached hydrogens (primary N) is 1. The molecule has 0 radical (unpaired) electrons. The molecule has 0 saturated carbocycles. The van der Waals surface area contributed by atoms with Crippen LogP contribution in [0.3, 0.4) is 0 Å². The van der Waals surface area contributed by atoms with Gasteiger partial charge in [-0.25, -0.2) is 17.8 Å². The Kier molecular flexibility index (Phi) is 11.4. The molecule has 15 nitrogen and oxygen atoms in total. The van der Waals surface area contributed by atoms with Gasteiger partial charge in [0.05, 0.1) is 11.8 Å². The molecule has 2 unspecified atom stereocenters. The van der Waals surface area contributed by atoms with Crippen molar-refractivity contribution in [2.75, 3.05) is 17.9 Å². The predicted octanol–water partition coefficient (Wildman–Crippen LogP) is -0.584. The number of benzene rings is 1. The van der Waals surface area contributed by atoms with Crippen molar-refractivity contribution in [3.8, 4) is 0 Å². The zero-order valence-electron chi connectivity index (χ0n) is 22.5. The minimum atomic E-state index is -3.97. The quantitative estimate of drug-likeness (QED) is 0.187. The fraction of sp³-hybridized carbons (Fsp3) is 0.458. The van der Waals surface area contributed by atoms with Crippen molar-refractivity contribution >= 4 is 33.5 Å². The first-order valence-corrected chi connectivity index (χ1v) is 14.0. The molecule has 1 aromatic carbocycles. The molecule has 2 heterocycles. The SMILES string of the molecule is CC(=O)O.CCOC1C(NC(=O)Cn2c(=O)c(NS(=O)(=O)Cc3ccccc3)cn(C)c2=O)CCCN1C(=N)N. The van der Waals surface area contributed by atoms with Gasteiger partial charge in [-0.2, -0.15) is 0 Å². The summed E-state index contributed by atoms with van der Waals surface area (Å²) in [5, 5.41) is 17.9. The van der Waals surface area contributed by atoms with Crippen LogP contribution in [0, 0.1) is 5.41 Å². The summed E-state index contributed by atoms with van der Waals surface area (Å²) in [5.74, 6) is -2.03. The fourth-order valence-corrected chi connectivity index (χ4v) is 5.25. The number of ether oxygens (including phenoxy) is 1. The second kappa shape index (κ2) is 14.3. The van der Waals surface area contributed by atoms with Crippen LogP contribution in [0.1, 0.15) is 32.3 Å². The van der Waals surface area contributed by atoms with Gasteiger partial charge in [0.1, 0.15) is 12.2 Å². The van der Waals surface area contributed by atoms with Crippen molar-refractivity contribution in [2.45, 2.75) is 51.3 Å². The number of carbonyl (C=O) groups excluding carboxylic acids is 1. The molecule has 220 valence electrons. The summed E-state index contributed by atoms with van der Waals surface area (Å²) in [6.45, 7) is 3.05. The summed E-state index contributed by atoms with van der Waals surface area (Å²) in [6, 6.07) is 7.89. The third kappa shape index (κ3) is 9.23. The summed E-state index contributed by atoms with van der Waals surface area (Å²) in [4.78, 5) is 49.0. The number of sulfonamides is 1. The van der Waals surface area contributed by atoms with Crippen LogP contribution in [0.4, 0.5) is 5.69 Å². The van der Waals surface area contributed by atoms with Gasteiger partial charge in [-0.3, -0.25) is 24.5 Å². The standard InChI is InChI=1S/C22H31N7O6S.C2H4O2/c1-3-35-20-16(10-7-11-28(20)21(23)24)25-18(30)13-29-19(31)17(12-27(2)22(29)32)26-36(33,34)14-15-8-5-4-6-9-15;1-2(3)4/h4-6,8-9,12,16,20,26H,3,7,10-11,13-14H2,1-2H3,(H3,23,24)(H,25,30);1H3,(H,3,4). The number of aryl methyl sites for hydroxylation is 1. The molecule has 3 rings (SSSR count). The largest absolute Gasteiger partial charge is 0.481 e. The van der Waals surface area contributed by atoms with E-state index in [0.717, 1.165) is 17.7 Å². The number of nitrogens with one attached hydrogen (secondary N) is 3. The summed E-state index contributed by atoms with van der Waals surface area (Å²) in [5.41, 5.74) is 4.09. The lowest BCUT2D eigenvalue weighted by Crippen LogP contribution is -2.60. The number of guanidine groups is 1. The number of piperidine rings is 1. The smallest absolute Gasteiger partial charge is 0.331 e. The first-order valence-electron chi connectivity index (χ1n) is 12.3. The Hall–Kier alpha value is -4.18. The molecule has 0 aliphatic carbocycles. The maximum absolute atomic E-state index is 13.0. The molecule has 1 amide bonds. The van der Waals surface area contributed by atoms with E-state index < -0.39 is 52.0 Å².